The zero-order chi connectivity index (χ0) is 14.6. The van der Waals surface area contributed by atoms with Crippen LogP contribution in [0.5, 0.6) is 0 Å². The molecule has 2 aromatic rings. The number of halogens is 1. The number of nitrogens with one attached hydrogen (secondary N) is 1. The van der Waals surface area contributed by atoms with E-state index in [1.165, 1.54) is 18.3 Å². The fourth-order valence-electron chi connectivity index (χ4n) is 1.59. The van der Waals surface area contributed by atoms with Crippen LogP contribution < -0.4 is 4.72 Å². The summed E-state index contributed by atoms with van der Waals surface area (Å²) in [6.07, 6.45) is 1.53. The molecule has 0 saturated carbocycles. The molecular formula is C13H10FN3O2S. The molecule has 0 spiro atoms. The number of nitriles is 1. The number of benzene rings is 1. The molecule has 102 valence electrons. The monoisotopic (exact) mass is 291 g/mol. The average Bonchev–Trinajstić information content (AvgIpc) is 2.46. The highest BCUT2D eigenvalue weighted by atomic mass is 32.2. The third-order valence-corrected chi connectivity index (χ3v) is 3.99. The molecule has 7 heteroatoms. The van der Waals surface area contributed by atoms with E-state index in [1.807, 2.05) is 0 Å². The van der Waals surface area contributed by atoms with E-state index < -0.39 is 21.4 Å². The maximum Gasteiger partial charge on any atom is 0.242 e. The maximum absolute atomic E-state index is 13.4. The molecule has 0 unspecified atom stereocenters. The SMILES string of the molecule is N#Cc1c(F)cccc1S(=O)(=O)NCc1ccccn1. The van der Waals surface area contributed by atoms with Crippen LogP contribution in [0.25, 0.3) is 0 Å². The van der Waals surface area contributed by atoms with Gasteiger partial charge in [-0.15, -0.1) is 0 Å². The molecule has 0 aliphatic heterocycles. The Hall–Kier alpha value is -2.30. The number of hydrogen-bond acceptors (Lipinski definition) is 4. The van der Waals surface area contributed by atoms with Gasteiger partial charge in [-0.2, -0.15) is 5.26 Å². The quantitative estimate of drug-likeness (QED) is 0.927. The molecule has 0 aliphatic rings. The van der Waals surface area contributed by atoms with Gasteiger partial charge in [0.2, 0.25) is 10.0 Å². The summed E-state index contributed by atoms with van der Waals surface area (Å²) in [6, 6.07) is 10.1. The predicted octanol–water partition coefficient (Wildman–Crippen LogP) is 1.57. The van der Waals surface area contributed by atoms with E-state index in [4.69, 9.17) is 5.26 Å². The van der Waals surface area contributed by atoms with Gasteiger partial charge in [0.05, 0.1) is 12.2 Å². The summed E-state index contributed by atoms with van der Waals surface area (Å²) in [5.74, 6) is -0.867. The lowest BCUT2D eigenvalue weighted by Crippen LogP contribution is -2.24. The van der Waals surface area contributed by atoms with Gasteiger partial charge in [-0.05, 0) is 24.3 Å². The second-order valence-electron chi connectivity index (χ2n) is 3.87. The highest BCUT2D eigenvalue weighted by Crippen LogP contribution is 2.17. The minimum Gasteiger partial charge on any atom is -0.260 e. The van der Waals surface area contributed by atoms with Crippen LogP contribution in [-0.4, -0.2) is 13.4 Å². The minimum absolute atomic E-state index is 0.0371. The van der Waals surface area contributed by atoms with Gasteiger partial charge in [0, 0.05) is 6.20 Å². The van der Waals surface area contributed by atoms with Crippen LogP contribution in [0.15, 0.2) is 47.5 Å². The van der Waals surface area contributed by atoms with E-state index in [2.05, 4.69) is 9.71 Å². The van der Waals surface area contributed by atoms with Crippen molar-refractivity contribution in [3.05, 3.63) is 59.7 Å². The molecule has 0 bridgehead atoms. The summed E-state index contributed by atoms with van der Waals surface area (Å²) in [6.45, 7) is -0.0371. The Morgan fingerprint density at radius 1 is 1.25 bits per heavy atom. The van der Waals surface area contributed by atoms with Crippen molar-refractivity contribution >= 4 is 10.0 Å². The number of hydrogen-bond donors (Lipinski definition) is 1. The summed E-state index contributed by atoms with van der Waals surface area (Å²) in [5, 5.41) is 8.85. The van der Waals surface area contributed by atoms with Gasteiger partial charge in [0.1, 0.15) is 22.3 Å². The third kappa shape index (κ3) is 2.99. The molecule has 1 heterocycles. The lowest BCUT2D eigenvalue weighted by molar-refractivity contribution is 0.575. The molecule has 0 atom stereocenters. The van der Waals surface area contributed by atoms with Gasteiger partial charge in [-0.3, -0.25) is 4.98 Å². The molecule has 1 N–H and O–H groups in total. The van der Waals surface area contributed by atoms with E-state index in [9.17, 15) is 12.8 Å². The van der Waals surface area contributed by atoms with Crippen molar-refractivity contribution in [1.29, 1.82) is 5.26 Å². The first-order valence-corrected chi connectivity index (χ1v) is 7.11. The highest BCUT2D eigenvalue weighted by Gasteiger charge is 2.20. The van der Waals surface area contributed by atoms with Gasteiger partial charge in [0.15, 0.2) is 0 Å². The Morgan fingerprint density at radius 3 is 2.70 bits per heavy atom. The van der Waals surface area contributed by atoms with Crippen LogP contribution in [-0.2, 0) is 16.6 Å². The molecule has 1 aromatic carbocycles. The van der Waals surface area contributed by atoms with Gasteiger partial charge in [-0.1, -0.05) is 12.1 Å². The Labute approximate surface area is 115 Å². The molecule has 1 aromatic heterocycles. The lowest BCUT2D eigenvalue weighted by Gasteiger charge is -2.08. The molecule has 5 nitrogen and oxygen atoms in total. The largest absolute Gasteiger partial charge is 0.260 e. The summed E-state index contributed by atoms with van der Waals surface area (Å²) in [7, 11) is -3.98. The average molecular weight is 291 g/mol. The molecule has 0 amide bonds. The van der Waals surface area contributed by atoms with Gasteiger partial charge in [-0.25, -0.2) is 17.5 Å². The minimum atomic E-state index is -3.98. The van der Waals surface area contributed by atoms with E-state index in [1.54, 1.807) is 24.3 Å². The van der Waals surface area contributed by atoms with Crippen LogP contribution in [0.4, 0.5) is 4.39 Å². The van der Waals surface area contributed by atoms with Crippen LogP contribution in [0.1, 0.15) is 11.3 Å². The number of sulfonamides is 1. The summed E-state index contributed by atoms with van der Waals surface area (Å²) < 4.78 is 39.9. The van der Waals surface area contributed by atoms with Crippen LogP contribution >= 0.6 is 0 Å². The van der Waals surface area contributed by atoms with Gasteiger partial charge in [0.25, 0.3) is 0 Å². The van der Waals surface area contributed by atoms with Crippen molar-refractivity contribution in [1.82, 2.24) is 9.71 Å². The van der Waals surface area contributed by atoms with Gasteiger partial charge >= 0.3 is 0 Å². The first kappa shape index (κ1) is 14.1. The predicted molar refractivity (Wildman–Crippen MR) is 69.4 cm³/mol. The van der Waals surface area contributed by atoms with E-state index >= 15 is 0 Å². The Kier molecular flexibility index (Phi) is 4.08. The van der Waals surface area contributed by atoms with Crippen LogP contribution in [0, 0.1) is 17.1 Å². The summed E-state index contributed by atoms with van der Waals surface area (Å²) in [5.41, 5.74) is 0.0204. The number of nitrogens with zero attached hydrogens (tertiary/aromatic N) is 2. The highest BCUT2D eigenvalue weighted by molar-refractivity contribution is 7.89. The molecule has 0 radical (unpaired) electrons. The normalized spacial score (nSPS) is 11.0. The van der Waals surface area contributed by atoms with Gasteiger partial charge < -0.3 is 0 Å². The lowest BCUT2D eigenvalue weighted by atomic mass is 10.2. The molecular weight excluding hydrogens is 281 g/mol. The zero-order valence-corrected chi connectivity index (χ0v) is 11.1. The number of rotatable bonds is 4. The standard InChI is InChI=1S/C13H10FN3O2S/c14-12-5-3-6-13(11(12)8-15)20(18,19)17-9-10-4-1-2-7-16-10/h1-7,17H,9H2. The van der Waals surface area contributed by atoms with Crippen molar-refractivity contribution in [2.45, 2.75) is 11.4 Å². The molecule has 0 fully saturated rings. The fourth-order valence-corrected chi connectivity index (χ4v) is 2.75. The summed E-state index contributed by atoms with van der Waals surface area (Å²) >= 11 is 0. The molecule has 20 heavy (non-hydrogen) atoms. The molecule has 2 rings (SSSR count). The van der Waals surface area contributed by atoms with Crippen LogP contribution in [0.3, 0.4) is 0 Å². The van der Waals surface area contributed by atoms with Crippen molar-refractivity contribution < 1.29 is 12.8 Å². The second kappa shape index (κ2) is 5.77. The van der Waals surface area contributed by atoms with E-state index in [0.29, 0.717) is 5.69 Å². The Bertz CT molecular complexity index is 755. The topological polar surface area (TPSA) is 82.8 Å². The maximum atomic E-state index is 13.4. The first-order chi connectivity index (χ1) is 9.54. The zero-order valence-electron chi connectivity index (χ0n) is 10.2. The summed E-state index contributed by atoms with van der Waals surface area (Å²) in [4.78, 5) is 3.59. The number of pyridine rings is 1. The van der Waals surface area contributed by atoms with E-state index in [-0.39, 0.29) is 11.4 Å². The third-order valence-electron chi connectivity index (χ3n) is 2.55. The van der Waals surface area contributed by atoms with Crippen LogP contribution in [0.2, 0.25) is 0 Å². The van der Waals surface area contributed by atoms with E-state index in [0.717, 1.165) is 6.07 Å². The number of aromatic nitrogens is 1. The van der Waals surface area contributed by atoms with Crippen molar-refractivity contribution in [3.8, 4) is 6.07 Å². The Morgan fingerprint density at radius 2 is 2.05 bits per heavy atom. The molecule has 0 saturated heterocycles. The second-order valence-corrected chi connectivity index (χ2v) is 5.61. The van der Waals surface area contributed by atoms with Crippen molar-refractivity contribution in [2.75, 3.05) is 0 Å². The van der Waals surface area contributed by atoms with Crippen molar-refractivity contribution in [2.24, 2.45) is 0 Å². The smallest absolute Gasteiger partial charge is 0.242 e. The molecule has 0 aliphatic carbocycles. The first-order valence-electron chi connectivity index (χ1n) is 5.63. The fraction of sp³-hybridized carbons (Fsp3) is 0.0769. The van der Waals surface area contributed by atoms with Crippen molar-refractivity contribution in [3.63, 3.8) is 0 Å². The Balaban J connectivity index is 2.28.